The van der Waals surface area contributed by atoms with Crippen LogP contribution in [0.4, 0.5) is 5.69 Å². The molecule has 5 heteroatoms. The molecule has 0 radical (unpaired) electrons. The molecule has 0 fully saturated rings. The molecule has 1 unspecified atom stereocenters. The lowest BCUT2D eigenvalue weighted by atomic mass is 10.1. The Labute approximate surface area is 137 Å². The summed E-state index contributed by atoms with van der Waals surface area (Å²) < 4.78 is 0.989. The Hall–Kier alpha value is -0.910. The molecule has 2 rings (SSSR count). The van der Waals surface area contributed by atoms with Gasteiger partial charge in [-0.25, -0.2) is 0 Å². The van der Waals surface area contributed by atoms with E-state index in [1.807, 2.05) is 12.1 Å². The van der Waals surface area contributed by atoms with Crippen LogP contribution < -0.4 is 10.6 Å². The standard InChI is InChI=1S/C15H17BrN2S2/c1-10(8-12-4-3-7-20-12)18(2)14-6-5-11(16)9-13(14)15(17)19/h3-7,9-10H,8H2,1-2H3,(H2,17,19). The first kappa shape index (κ1) is 15.5. The van der Waals surface area contributed by atoms with Crippen LogP contribution >= 0.6 is 39.5 Å². The van der Waals surface area contributed by atoms with Crippen molar-refractivity contribution in [2.24, 2.45) is 5.73 Å². The third-order valence-electron chi connectivity index (χ3n) is 3.34. The van der Waals surface area contributed by atoms with Gasteiger partial charge in [0.25, 0.3) is 0 Å². The van der Waals surface area contributed by atoms with Crippen LogP contribution in [-0.2, 0) is 6.42 Å². The van der Waals surface area contributed by atoms with E-state index in [0.717, 1.165) is 22.1 Å². The first-order valence-corrected chi connectivity index (χ1v) is 8.41. The molecule has 1 aromatic carbocycles. The number of halogens is 1. The van der Waals surface area contributed by atoms with Crippen molar-refractivity contribution in [3.8, 4) is 0 Å². The molecule has 106 valence electrons. The van der Waals surface area contributed by atoms with Gasteiger partial charge in [0.05, 0.1) is 0 Å². The monoisotopic (exact) mass is 368 g/mol. The number of nitrogens with zero attached hydrogens (tertiary/aromatic N) is 1. The van der Waals surface area contributed by atoms with Gasteiger partial charge in [-0.15, -0.1) is 11.3 Å². The predicted octanol–water partition coefficient (Wildman–Crippen LogP) is 4.21. The van der Waals surface area contributed by atoms with Gasteiger partial charge in [-0.05, 0) is 36.6 Å². The van der Waals surface area contributed by atoms with Crippen LogP contribution in [0.3, 0.4) is 0 Å². The zero-order chi connectivity index (χ0) is 14.7. The van der Waals surface area contributed by atoms with Gasteiger partial charge in [0.1, 0.15) is 4.99 Å². The number of thiocarbonyl (C=S) groups is 1. The summed E-state index contributed by atoms with van der Waals surface area (Å²) in [5, 5.41) is 2.11. The average Bonchev–Trinajstić information content (AvgIpc) is 2.90. The fraction of sp³-hybridized carbons (Fsp3) is 0.267. The summed E-state index contributed by atoms with van der Waals surface area (Å²) in [4.78, 5) is 4.05. The molecule has 2 nitrogen and oxygen atoms in total. The number of anilines is 1. The van der Waals surface area contributed by atoms with E-state index in [2.05, 4.69) is 58.4 Å². The number of benzene rings is 1. The highest BCUT2D eigenvalue weighted by molar-refractivity contribution is 9.10. The molecule has 0 bridgehead atoms. The zero-order valence-corrected chi connectivity index (χ0v) is 14.7. The number of thiophene rings is 1. The summed E-state index contributed by atoms with van der Waals surface area (Å²) >= 11 is 10.4. The van der Waals surface area contributed by atoms with Crippen molar-refractivity contribution in [3.63, 3.8) is 0 Å². The van der Waals surface area contributed by atoms with Crippen LogP contribution in [0.25, 0.3) is 0 Å². The quantitative estimate of drug-likeness (QED) is 0.801. The van der Waals surface area contributed by atoms with Crippen molar-refractivity contribution in [2.45, 2.75) is 19.4 Å². The molecule has 0 aliphatic carbocycles. The highest BCUT2D eigenvalue weighted by Crippen LogP contribution is 2.26. The third kappa shape index (κ3) is 3.59. The lowest BCUT2D eigenvalue weighted by Gasteiger charge is -2.28. The first-order valence-electron chi connectivity index (χ1n) is 6.33. The van der Waals surface area contributed by atoms with E-state index in [0.29, 0.717) is 11.0 Å². The molecule has 2 aromatic rings. The van der Waals surface area contributed by atoms with Crippen LogP contribution in [-0.4, -0.2) is 18.1 Å². The minimum Gasteiger partial charge on any atom is -0.389 e. The van der Waals surface area contributed by atoms with Gasteiger partial charge in [0.2, 0.25) is 0 Å². The maximum absolute atomic E-state index is 5.84. The highest BCUT2D eigenvalue weighted by atomic mass is 79.9. The molecule has 0 saturated heterocycles. The normalized spacial score (nSPS) is 12.2. The predicted molar refractivity (Wildman–Crippen MR) is 95.9 cm³/mol. The summed E-state index contributed by atoms with van der Waals surface area (Å²) in [6, 6.07) is 10.7. The molecule has 2 N–H and O–H groups in total. The Bertz CT molecular complexity index is 596. The molecule has 0 aliphatic rings. The van der Waals surface area contributed by atoms with E-state index < -0.39 is 0 Å². The maximum Gasteiger partial charge on any atom is 0.106 e. The molecule has 0 aliphatic heterocycles. The number of hydrogen-bond donors (Lipinski definition) is 1. The summed E-state index contributed by atoms with van der Waals surface area (Å²) in [5.41, 5.74) is 7.83. The van der Waals surface area contributed by atoms with Crippen LogP contribution in [0, 0.1) is 0 Å². The van der Waals surface area contributed by atoms with Crippen molar-refractivity contribution in [2.75, 3.05) is 11.9 Å². The topological polar surface area (TPSA) is 29.3 Å². The molecule has 1 aromatic heterocycles. The lowest BCUT2D eigenvalue weighted by molar-refractivity contribution is 0.688. The van der Waals surface area contributed by atoms with Crippen molar-refractivity contribution < 1.29 is 0 Å². The minimum absolute atomic E-state index is 0.378. The van der Waals surface area contributed by atoms with E-state index in [-0.39, 0.29) is 0 Å². The summed E-state index contributed by atoms with van der Waals surface area (Å²) in [6.07, 6.45) is 1.01. The summed E-state index contributed by atoms with van der Waals surface area (Å²) in [6.45, 7) is 2.21. The Kier molecular flexibility index (Phi) is 5.18. The van der Waals surface area contributed by atoms with Crippen molar-refractivity contribution in [3.05, 3.63) is 50.6 Å². The molecule has 0 spiro atoms. The van der Waals surface area contributed by atoms with Crippen molar-refractivity contribution in [1.82, 2.24) is 0 Å². The first-order chi connectivity index (χ1) is 9.49. The Morgan fingerprint density at radius 1 is 1.45 bits per heavy atom. The van der Waals surface area contributed by atoms with Gasteiger partial charge in [-0.2, -0.15) is 0 Å². The van der Waals surface area contributed by atoms with E-state index in [4.69, 9.17) is 18.0 Å². The fourth-order valence-electron chi connectivity index (χ4n) is 2.11. The molecule has 20 heavy (non-hydrogen) atoms. The molecular weight excluding hydrogens is 352 g/mol. The van der Waals surface area contributed by atoms with Gasteiger partial charge in [-0.1, -0.05) is 34.2 Å². The van der Waals surface area contributed by atoms with Crippen LogP contribution in [0.2, 0.25) is 0 Å². The number of likely N-dealkylation sites (N-methyl/N-ethyl adjacent to an activating group) is 1. The lowest BCUT2D eigenvalue weighted by Crippen LogP contribution is -2.32. The van der Waals surface area contributed by atoms with Gasteiger partial charge >= 0.3 is 0 Å². The van der Waals surface area contributed by atoms with Crippen molar-refractivity contribution >= 4 is 50.2 Å². The molecule has 0 amide bonds. The van der Waals surface area contributed by atoms with Crippen LogP contribution in [0.5, 0.6) is 0 Å². The Balaban J connectivity index is 2.24. The number of rotatable bonds is 5. The van der Waals surface area contributed by atoms with Gasteiger partial charge in [0, 0.05) is 40.1 Å². The molecule has 1 atom stereocenters. The van der Waals surface area contributed by atoms with Crippen LogP contribution in [0.1, 0.15) is 17.4 Å². The maximum atomic E-state index is 5.84. The largest absolute Gasteiger partial charge is 0.389 e. The van der Waals surface area contributed by atoms with Gasteiger partial charge < -0.3 is 10.6 Å². The second kappa shape index (κ2) is 6.70. The van der Waals surface area contributed by atoms with E-state index in [1.165, 1.54) is 4.88 Å². The number of nitrogens with two attached hydrogens (primary N) is 1. The number of hydrogen-bond acceptors (Lipinski definition) is 3. The van der Waals surface area contributed by atoms with Crippen LogP contribution in [0.15, 0.2) is 40.2 Å². The van der Waals surface area contributed by atoms with E-state index in [9.17, 15) is 0 Å². The van der Waals surface area contributed by atoms with Gasteiger partial charge in [0.15, 0.2) is 0 Å². The van der Waals surface area contributed by atoms with Gasteiger partial charge in [-0.3, -0.25) is 0 Å². The van der Waals surface area contributed by atoms with E-state index >= 15 is 0 Å². The molecular formula is C15H17BrN2S2. The molecule has 1 heterocycles. The molecule has 0 saturated carbocycles. The summed E-state index contributed by atoms with van der Waals surface area (Å²) in [7, 11) is 2.09. The Morgan fingerprint density at radius 3 is 2.80 bits per heavy atom. The second-order valence-electron chi connectivity index (χ2n) is 4.77. The smallest absolute Gasteiger partial charge is 0.106 e. The third-order valence-corrected chi connectivity index (χ3v) is 4.95. The second-order valence-corrected chi connectivity index (χ2v) is 7.16. The van der Waals surface area contributed by atoms with E-state index in [1.54, 1.807) is 11.3 Å². The zero-order valence-electron chi connectivity index (χ0n) is 11.5. The highest BCUT2D eigenvalue weighted by Gasteiger charge is 2.16. The average molecular weight is 369 g/mol. The summed E-state index contributed by atoms with van der Waals surface area (Å²) in [5.74, 6) is 0. The Morgan fingerprint density at radius 2 is 2.20 bits per heavy atom. The van der Waals surface area contributed by atoms with Crippen molar-refractivity contribution in [1.29, 1.82) is 0 Å². The SMILES string of the molecule is CC(Cc1cccs1)N(C)c1ccc(Br)cc1C(N)=S. The minimum atomic E-state index is 0.378. The fourth-order valence-corrected chi connectivity index (χ4v) is 3.46.